The van der Waals surface area contributed by atoms with Crippen molar-refractivity contribution in [1.29, 1.82) is 0 Å². The van der Waals surface area contributed by atoms with Gasteiger partial charge in [0.2, 0.25) is 0 Å². The van der Waals surface area contributed by atoms with Crippen molar-refractivity contribution >= 4 is 16.8 Å². The van der Waals surface area contributed by atoms with Crippen molar-refractivity contribution in [2.24, 2.45) is 7.05 Å². The summed E-state index contributed by atoms with van der Waals surface area (Å²) >= 11 is 0. The van der Waals surface area contributed by atoms with E-state index in [4.69, 9.17) is 4.74 Å². The zero-order valence-electron chi connectivity index (χ0n) is 16.8. The van der Waals surface area contributed by atoms with Gasteiger partial charge < -0.3 is 9.72 Å². The normalized spacial score (nSPS) is 15.4. The zero-order chi connectivity index (χ0) is 19.7. The lowest BCUT2D eigenvalue weighted by atomic mass is 10.1. The van der Waals surface area contributed by atoms with Crippen molar-refractivity contribution < 1.29 is 9.53 Å². The highest BCUT2D eigenvalue weighted by Gasteiger charge is 2.17. The number of pyridine rings is 1. The molecule has 0 bridgehead atoms. The maximum absolute atomic E-state index is 12.6. The van der Waals surface area contributed by atoms with Gasteiger partial charge in [-0.25, -0.2) is 0 Å². The molecule has 1 aliphatic heterocycles. The number of fused-ring (bicyclic) bond motifs is 1. The van der Waals surface area contributed by atoms with Crippen LogP contribution in [0.15, 0.2) is 18.2 Å². The Balaban J connectivity index is 1.47. The molecule has 28 heavy (non-hydrogen) atoms. The predicted molar refractivity (Wildman–Crippen MR) is 109 cm³/mol. The van der Waals surface area contributed by atoms with Crippen molar-refractivity contribution in [3.8, 4) is 11.4 Å². The number of ether oxygens (including phenoxy) is 1. The molecule has 0 aliphatic carbocycles. The molecule has 0 unspecified atom stereocenters. The molecule has 0 amide bonds. The molecule has 0 aromatic carbocycles. The first kappa shape index (κ1) is 18.8. The second kappa shape index (κ2) is 7.85. The van der Waals surface area contributed by atoms with Crippen molar-refractivity contribution in [3.63, 3.8) is 0 Å². The van der Waals surface area contributed by atoms with E-state index in [0.717, 1.165) is 72.9 Å². The second-order valence-electron chi connectivity index (χ2n) is 7.54. The average molecular weight is 381 g/mol. The van der Waals surface area contributed by atoms with Crippen LogP contribution in [0.25, 0.3) is 22.4 Å². The number of Topliss-reactive ketones (excluding diaryl/α,β-unsaturated/α-hetero) is 1. The van der Waals surface area contributed by atoms with E-state index in [1.54, 1.807) is 4.68 Å². The number of hydrogen-bond acceptors (Lipinski definition) is 5. The fraction of sp³-hybridized carbons (Fsp3) is 0.476. The Bertz CT molecular complexity index is 998. The van der Waals surface area contributed by atoms with Gasteiger partial charge in [-0.3, -0.25) is 19.4 Å². The van der Waals surface area contributed by atoms with Gasteiger partial charge in [-0.2, -0.15) is 5.10 Å². The Hall–Kier alpha value is -2.51. The number of aromatic amines is 1. The zero-order valence-corrected chi connectivity index (χ0v) is 16.8. The molecule has 0 atom stereocenters. The van der Waals surface area contributed by atoms with Gasteiger partial charge in [0, 0.05) is 32.3 Å². The highest BCUT2D eigenvalue weighted by atomic mass is 16.5. The molecule has 7 nitrogen and oxygen atoms in total. The van der Waals surface area contributed by atoms with Crippen molar-refractivity contribution in [2.45, 2.75) is 26.7 Å². The molecule has 7 heteroatoms. The summed E-state index contributed by atoms with van der Waals surface area (Å²) in [5.41, 5.74) is 6.48. The van der Waals surface area contributed by atoms with Gasteiger partial charge in [0.1, 0.15) is 5.69 Å². The van der Waals surface area contributed by atoms with Crippen LogP contribution in [-0.4, -0.2) is 63.3 Å². The SMILES string of the molecule is Cc1cc(C)c2[nH]c(-c3cc(C(=O)CCCN4CCOCC4)nn3C)cc2n1. The first-order chi connectivity index (χ1) is 13.5. The van der Waals surface area contributed by atoms with E-state index < -0.39 is 0 Å². The van der Waals surface area contributed by atoms with E-state index in [1.807, 2.05) is 26.1 Å². The average Bonchev–Trinajstić information content (AvgIpc) is 3.26. The summed E-state index contributed by atoms with van der Waals surface area (Å²) in [6.45, 7) is 8.48. The number of H-pyrrole nitrogens is 1. The van der Waals surface area contributed by atoms with Gasteiger partial charge in [0.05, 0.1) is 35.6 Å². The van der Waals surface area contributed by atoms with Crippen LogP contribution in [0.2, 0.25) is 0 Å². The van der Waals surface area contributed by atoms with Crippen LogP contribution in [0.3, 0.4) is 0 Å². The maximum atomic E-state index is 12.6. The van der Waals surface area contributed by atoms with Crippen molar-refractivity contribution in [3.05, 3.63) is 35.2 Å². The standard InChI is InChI=1S/C21H27N5O2/c1-14-11-15(2)22-18-12-16(23-21(14)18)19-13-17(24-25(19)3)20(27)5-4-6-26-7-9-28-10-8-26/h11-13,23H,4-10H2,1-3H3. The number of rotatable bonds is 6. The molecule has 0 saturated carbocycles. The van der Waals surface area contributed by atoms with Crippen LogP contribution in [0, 0.1) is 13.8 Å². The van der Waals surface area contributed by atoms with Crippen LogP contribution in [0.1, 0.15) is 34.6 Å². The molecule has 1 saturated heterocycles. The van der Waals surface area contributed by atoms with Gasteiger partial charge in [0.25, 0.3) is 0 Å². The summed E-state index contributed by atoms with van der Waals surface area (Å²) in [5, 5.41) is 4.46. The number of ketones is 1. The first-order valence-electron chi connectivity index (χ1n) is 9.86. The van der Waals surface area contributed by atoms with Gasteiger partial charge in [-0.15, -0.1) is 0 Å². The number of aromatic nitrogens is 4. The third kappa shape index (κ3) is 3.86. The maximum Gasteiger partial charge on any atom is 0.183 e. The van der Waals surface area contributed by atoms with Gasteiger partial charge in [0.15, 0.2) is 5.78 Å². The number of nitrogens with zero attached hydrogens (tertiary/aromatic N) is 4. The van der Waals surface area contributed by atoms with Gasteiger partial charge in [-0.1, -0.05) is 0 Å². The quantitative estimate of drug-likeness (QED) is 0.665. The fourth-order valence-electron chi connectivity index (χ4n) is 3.85. The van der Waals surface area contributed by atoms with Gasteiger partial charge >= 0.3 is 0 Å². The molecule has 0 spiro atoms. The van der Waals surface area contributed by atoms with E-state index in [9.17, 15) is 4.79 Å². The lowest BCUT2D eigenvalue weighted by Gasteiger charge is -2.26. The number of aryl methyl sites for hydroxylation is 3. The monoisotopic (exact) mass is 381 g/mol. The number of morpholine rings is 1. The van der Waals surface area contributed by atoms with E-state index in [1.165, 1.54) is 0 Å². The third-order valence-corrected chi connectivity index (χ3v) is 5.34. The molecule has 148 valence electrons. The predicted octanol–water partition coefficient (Wildman–Crippen LogP) is 2.88. The largest absolute Gasteiger partial charge is 0.379 e. The first-order valence-corrected chi connectivity index (χ1v) is 9.86. The topological polar surface area (TPSA) is 76.0 Å². The summed E-state index contributed by atoms with van der Waals surface area (Å²) in [6.07, 6.45) is 1.36. The summed E-state index contributed by atoms with van der Waals surface area (Å²) in [6, 6.07) is 5.97. The molecule has 0 radical (unpaired) electrons. The fourth-order valence-corrected chi connectivity index (χ4v) is 3.85. The Morgan fingerprint density at radius 2 is 2.00 bits per heavy atom. The van der Waals surface area contributed by atoms with Crippen LogP contribution in [0.5, 0.6) is 0 Å². The van der Waals surface area contributed by atoms with E-state index in [-0.39, 0.29) is 5.78 Å². The smallest absolute Gasteiger partial charge is 0.183 e. The van der Waals surface area contributed by atoms with Crippen LogP contribution < -0.4 is 0 Å². The Morgan fingerprint density at radius 1 is 1.21 bits per heavy atom. The molecule has 1 aliphatic rings. The Labute approximate surface area is 164 Å². The number of hydrogen-bond donors (Lipinski definition) is 1. The summed E-state index contributed by atoms with van der Waals surface area (Å²) < 4.78 is 7.13. The van der Waals surface area contributed by atoms with E-state index in [2.05, 4.69) is 33.0 Å². The minimum atomic E-state index is 0.0939. The van der Waals surface area contributed by atoms with E-state index >= 15 is 0 Å². The lowest BCUT2D eigenvalue weighted by molar-refractivity contribution is 0.0371. The Kier molecular flexibility index (Phi) is 5.28. The van der Waals surface area contributed by atoms with E-state index in [0.29, 0.717) is 12.1 Å². The number of carbonyl (C=O) groups excluding carboxylic acids is 1. The minimum Gasteiger partial charge on any atom is -0.379 e. The van der Waals surface area contributed by atoms with Crippen molar-refractivity contribution in [1.82, 2.24) is 24.6 Å². The van der Waals surface area contributed by atoms with Gasteiger partial charge in [-0.05, 0) is 50.6 Å². The molecule has 4 rings (SSSR count). The number of nitrogens with one attached hydrogen (secondary N) is 1. The highest BCUT2D eigenvalue weighted by molar-refractivity contribution is 5.95. The molecule has 4 heterocycles. The number of carbonyl (C=O) groups is 1. The van der Waals surface area contributed by atoms with Crippen LogP contribution >= 0.6 is 0 Å². The molecule has 3 aromatic rings. The summed E-state index contributed by atoms with van der Waals surface area (Å²) in [4.78, 5) is 23.0. The molecular formula is C21H27N5O2. The molecule has 1 fully saturated rings. The molecule has 3 aromatic heterocycles. The highest BCUT2D eigenvalue weighted by Crippen LogP contribution is 2.26. The minimum absolute atomic E-state index is 0.0939. The van der Waals surface area contributed by atoms with Crippen molar-refractivity contribution in [2.75, 3.05) is 32.8 Å². The third-order valence-electron chi connectivity index (χ3n) is 5.34. The lowest BCUT2D eigenvalue weighted by Crippen LogP contribution is -2.36. The molecular weight excluding hydrogens is 354 g/mol. The molecule has 1 N–H and O–H groups in total. The summed E-state index contributed by atoms with van der Waals surface area (Å²) in [7, 11) is 1.87. The Morgan fingerprint density at radius 3 is 2.79 bits per heavy atom. The van der Waals surface area contributed by atoms with Crippen LogP contribution in [-0.2, 0) is 11.8 Å². The van der Waals surface area contributed by atoms with Crippen LogP contribution in [0.4, 0.5) is 0 Å². The second-order valence-corrected chi connectivity index (χ2v) is 7.54. The summed E-state index contributed by atoms with van der Waals surface area (Å²) in [5.74, 6) is 0.0939.